The highest BCUT2D eigenvalue weighted by molar-refractivity contribution is 7.89. The third kappa shape index (κ3) is 3.20. The van der Waals surface area contributed by atoms with Crippen LogP contribution in [0.2, 0.25) is 0 Å². The fraction of sp³-hybridized carbons (Fsp3) is 0.600. The van der Waals surface area contributed by atoms with Crippen molar-refractivity contribution in [2.24, 2.45) is 0 Å². The summed E-state index contributed by atoms with van der Waals surface area (Å²) in [5.74, 6) is 0. The molecule has 126 valence electrons. The van der Waals surface area contributed by atoms with Crippen molar-refractivity contribution in [1.82, 2.24) is 14.1 Å². The van der Waals surface area contributed by atoms with Gasteiger partial charge in [0.25, 0.3) is 5.56 Å². The number of nitrogens with zero attached hydrogens (tertiary/aromatic N) is 2. The van der Waals surface area contributed by atoms with Gasteiger partial charge in [-0.25, -0.2) is 18.1 Å². The van der Waals surface area contributed by atoms with Gasteiger partial charge in [0.15, 0.2) is 9.86 Å². The van der Waals surface area contributed by atoms with Gasteiger partial charge in [-0.2, -0.15) is 0 Å². The number of rotatable bonds is 3. The van der Waals surface area contributed by atoms with E-state index in [1.165, 1.54) is 15.7 Å². The lowest BCUT2D eigenvalue weighted by molar-refractivity contribution is 0.508. The van der Waals surface area contributed by atoms with Gasteiger partial charge in [-0.15, -0.1) is 11.3 Å². The van der Waals surface area contributed by atoms with Gasteiger partial charge in [0, 0.05) is 17.1 Å². The van der Waals surface area contributed by atoms with E-state index in [0.717, 1.165) is 38.5 Å². The molecule has 0 bridgehead atoms. The van der Waals surface area contributed by atoms with Gasteiger partial charge in [-0.1, -0.05) is 25.7 Å². The molecule has 0 saturated heterocycles. The second kappa shape index (κ2) is 6.33. The Morgan fingerprint density at radius 1 is 1.22 bits per heavy atom. The first-order chi connectivity index (χ1) is 10.9. The third-order valence-corrected chi connectivity index (χ3v) is 6.91. The summed E-state index contributed by atoms with van der Waals surface area (Å²) in [5.41, 5.74) is 0.457. The van der Waals surface area contributed by atoms with E-state index in [1.807, 2.05) is 0 Å². The van der Waals surface area contributed by atoms with Crippen LogP contribution in [0.5, 0.6) is 0 Å². The number of hydrogen-bond donors (Lipinski definition) is 1. The Kier molecular flexibility index (Phi) is 4.57. The highest BCUT2D eigenvalue weighted by Gasteiger charge is 2.27. The van der Waals surface area contributed by atoms with Gasteiger partial charge < -0.3 is 0 Å². The Labute approximate surface area is 139 Å². The molecule has 23 heavy (non-hydrogen) atoms. The average molecular weight is 355 g/mol. The van der Waals surface area contributed by atoms with Crippen molar-refractivity contribution in [3.05, 3.63) is 27.1 Å². The topological polar surface area (TPSA) is 80.5 Å². The van der Waals surface area contributed by atoms with Crippen molar-refractivity contribution in [1.29, 1.82) is 0 Å². The summed E-state index contributed by atoms with van der Waals surface area (Å²) < 4.78 is 29.6. The third-order valence-electron chi connectivity index (χ3n) is 4.31. The van der Waals surface area contributed by atoms with Gasteiger partial charge in [0.1, 0.15) is 0 Å². The zero-order valence-corrected chi connectivity index (χ0v) is 15.0. The molecule has 8 heteroatoms. The molecule has 3 rings (SSSR count). The molecule has 0 amide bonds. The van der Waals surface area contributed by atoms with Crippen LogP contribution in [-0.2, 0) is 10.0 Å². The summed E-state index contributed by atoms with van der Waals surface area (Å²) in [4.78, 5) is 17.3. The van der Waals surface area contributed by atoms with Gasteiger partial charge in [0.2, 0.25) is 10.0 Å². The van der Waals surface area contributed by atoms with E-state index in [0.29, 0.717) is 10.7 Å². The second-order valence-electron chi connectivity index (χ2n) is 6.14. The zero-order chi connectivity index (χ0) is 16.6. The minimum absolute atomic E-state index is 0.0921. The number of thiazole rings is 1. The highest BCUT2D eigenvalue weighted by Crippen LogP contribution is 2.20. The van der Waals surface area contributed by atoms with Crippen LogP contribution in [0.25, 0.3) is 4.96 Å². The Morgan fingerprint density at radius 3 is 2.52 bits per heavy atom. The molecular weight excluding hydrogens is 334 g/mol. The molecule has 2 aromatic heterocycles. The summed E-state index contributed by atoms with van der Waals surface area (Å²) in [6.45, 7) is 3.36. The molecule has 2 heterocycles. The number of sulfonamides is 1. The van der Waals surface area contributed by atoms with Gasteiger partial charge in [-0.3, -0.25) is 9.20 Å². The summed E-state index contributed by atoms with van der Waals surface area (Å²) in [6, 6.07) is -0.0921. The molecule has 1 aliphatic carbocycles. The van der Waals surface area contributed by atoms with E-state index >= 15 is 0 Å². The molecule has 0 aromatic carbocycles. The summed E-state index contributed by atoms with van der Waals surface area (Å²) in [6.07, 6.45) is 5.97. The average Bonchev–Trinajstić information content (AvgIpc) is 2.68. The smallest absolute Gasteiger partial charge is 0.267 e. The number of aromatic nitrogens is 2. The first-order valence-electron chi connectivity index (χ1n) is 7.90. The van der Waals surface area contributed by atoms with E-state index in [9.17, 15) is 13.2 Å². The lowest BCUT2D eigenvalue weighted by Gasteiger charge is -2.17. The molecule has 6 nitrogen and oxygen atoms in total. The largest absolute Gasteiger partial charge is 0.279 e. The predicted octanol–water partition coefficient (Wildman–Crippen LogP) is 2.37. The van der Waals surface area contributed by atoms with Crippen molar-refractivity contribution in [3.8, 4) is 0 Å². The number of hydrogen-bond acceptors (Lipinski definition) is 5. The Hall–Kier alpha value is -1.25. The molecule has 1 saturated carbocycles. The quantitative estimate of drug-likeness (QED) is 0.857. The fourth-order valence-electron chi connectivity index (χ4n) is 3.15. The monoisotopic (exact) mass is 355 g/mol. The van der Waals surface area contributed by atoms with Crippen molar-refractivity contribution < 1.29 is 8.42 Å². The van der Waals surface area contributed by atoms with Gasteiger partial charge in [-0.05, 0) is 26.7 Å². The van der Waals surface area contributed by atoms with Crippen LogP contribution in [0.4, 0.5) is 0 Å². The van der Waals surface area contributed by atoms with Crippen LogP contribution in [0.15, 0.2) is 15.1 Å². The van der Waals surface area contributed by atoms with Crippen LogP contribution in [-0.4, -0.2) is 23.8 Å². The predicted molar refractivity (Wildman–Crippen MR) is 90.6 cm³/mol. The van der Waals surface area contributed by atoms with Crippen LogP contribution in [0.3, 0.4) is 0 Å². The van der Waals surface area contributed by atoms with E-state index < -0.39 is 15.6 Å². The summed E-state index contributed by atoms with van der Waals surface area (Å²) in [5, 5.41) is 1.80. The first kappa shape index (κ1) is 16.6. The lowest BCUT2D eigenvalue weighted by Crippen LogP contribution is -2.38. The number of aryl methyl sites for hydroxylation is 2. The van der Waals surface area contributed by atoms with Crippen LogP contribution >= 0.6 is 11.3 Å². The van der Waals surface area contributed by atoms with Crippen LogP contribution in [0, 0.1) is 13.8 Å². The second-order valence-corrected chi connectivity index (χ2v) is 8.62. The lowest BCUT2D eigenvalue weighted by atomic mass is 10.1. The van der Waals surface area contributed by atoms with Crippen LogP contribution < -0.4 is 10.3 Å². The SMILES string of the molecule is Cc1nc2scc(C)n2c(=O)c1S(=O)(=O)NC1CCCCCC1. The molecule has 2 aromatic rings. The molecule has 0 aliphatic heterocycles. The molecule has 0 spiro atoms. The fourth-order valence-corrected chi connectivity index (χ4v) is 5.60. The molecule has 1 aliphatic rings. The summed E-state index contributed by atoms with van der Waals surface area (Å²) in [7, 11) is -3.86. The molecular formula is C15H21N3O3S2. The molecule has 0 atom stereocenters. The van der Waals surface area contributed by atoms with Crippen LogP contribution in [0.1, 0.15) is 49.9 Å². The maximum absolute atomic E-state index is 12.8. The standard InChI is InChI=1S/C15H21N3O3S2/c1-10-9-22-15-16-11(2)13(14(19)18(10)15)23(20,21)17-12-7-5-3-4-6-8-12/h9,12,17H,3-8H2,1-2H3. The van der Waals surface area contributed by atoms with Crippen molar-refractivity contribution in [3.63, 3.8) is 0 Å². The van der Waals surface area contributed by atoms with E-state index in [2.05, 4.69) is 9.71 Å². The molecule has 1 N–H and O–H groups in total. The summed E-state index contributed by atoms with van der Waals surface area (Å²) >= 11 is 1.34. The maximum atomic E-state index is 12.8. The maximum Gasteiger partial charge on any atom is 0.279 e. The highest BCUT2D eigenvalue weighted by atomic mass is 32.2. The van der Waals surface area contributed by atoms with Gasteiger partial charge >= 0.3 is 0 Å². The molecule has 0 radical (unpaired) electrons. The molecule has 0 unspecified atom stereocenters. The Balaban J connectivity index is 2.04. The number of nitrogens with one attached hydrogen (secondary N) is 1. The number of fused-ring (bicyclic) bond motifs is 1. The van der Waals surface area contributed by atoms with Crippen molar-refractivity contribution in [2.45, 2.75) is 63.3 Å². The van der Waals surface area contributed by atoms with E-state index in [1.54, 1.807) is 19.2 Å². The van der Waals surface area contributed by atoms with Crippen molar-refractivity contribution >= 4 is 26.3 Å². The van der Waals surface area contributed by atoms with E-state index in [4.69, 9.17) is 0 Å². The Bertz CT molecular complexity index is 875. The molecule has 1 fully saturated rings. The van der Waals surface area contributed by atoms with E-state index in [-0.39, 0.29) is 16.6 Å². The minimum atomic E-state index is -3.86. The van der Waals surface area contributed by atoms with Crippen molar-refractivity contribution in [2.75, 3.05) is 0 Å². The first-order valence-corrected chi connectivity index (χ1v) is 10.3. The Morgan fingerprint density at radius 2 is 1.87 bits per heavy atom. The normalized spacial score (nSPS) is 17.5. The minimum Gasteiger partial charge on any atom is -0.267 e. The van der Waals surface area contributed by atoms with Gasteiger partial charge in [0.05, 0.1) is 5.69 Å². The zero-order valence-electron chi connectivity index (χ0n) is 13.3.